The predicted octanol–water partition coefficient (Wildman–Crippen LogP) is 2.74. The van der Waals surface area contributed by atoms with Crippen LogP contribution in [0.4, 0.5) is 5.69 Å². The maximum Gasteiger partial charge on any atom is 0.140 e. The predicted molar refractivity (Wildman–Crippen MR) is 87.0 cm³/mol. The van der Waals surface area contributed by atoms with Crippen LogP contribution in [0.5, 0.6) is 0 Å². The van der Waals surface area contributed by atoms with Gasteiger partial charge < -0.3 is 10.2 Å². The van der Waals surface area contributed by atoms with Gasteiger partial charge in [-0.25, -0.2) is 0 Å². The molecule has 114 valence electrons. The molecule has 0 aromatic heterocycles. The third-order valence-corrected chi connectivity index (χ3v) is 4.63. The van der Waals surface area contributed by atoms with Crippen molar-refractivity contribution in [1.82, 2.24) is 5.32 Å². The fraction of sp³-hybridized carbons (Fsp3) is 0.611. The average molecular weight is 286 g/mol. The van der Waals surface area contributed by atoms with Gasteiger partial charge in [0.05, 0.1) is 0 Å². The van der Waals surface area contributed by atoms with E-state index in [1.807, 2.05) is 0 Å². The van der Waals surface area contributed by atoms with Gasteiger partial charge in [-0.1, -0.05) is 26.0 Å². The summed E-state index contributed by atoms with van der Waals surface area (Å²) in [6.45, 7) is 8.56. The summed E-state index contributed by atoms with van der Waals surface area (Å²) in [5, 5.41) is 3.39. The summed E-state index contributed by atoms with van der Waals surface area (Å²) < 4.78 is 0. The molecule has 21 heavy (non-hydrogen) atoms. The summed E-state index contributed by atoms with van der Waals surface area (Å²) in [6.07, 6.45) is 2.82. The maximum atomic E-state index is 12.3. The monoisotopic (exact) mass is 286 g/mol. The molecule has 0 radical (unpaired) electrons. The van der Waals surface area contributed by atoms with Crippen molar-refractivity contribution in [3.05, 3.63) is 29.3 Å². The van der Waals surface area contributed by atoms with Gasteiger partial charge in [-0.05, 0) is 36.0 Å². The number of rotatable bonds is 5. The summed E-state index contributed by atoms with van der Waals surface area (Å²) in [7, 11) is 0. The molecule has 0 unspecified atom stereocenters. The lowest BCUT2D eigenvalue weighted by Gasteiger charge is -2.31. The maximum absolute atomic E-state index is 12.3. The quantitative estimate of drug-likeness (QED) is 0.903. The van der Waals surface area contributed by atoms with Gasteiger partial charge in [0, 0.05) is 44.2 Å². The van der Waals surface area contributed by atoms with Gasteiger partial charge in [0.1, 0.15) is 5.78 Å². The van der Waals surface area contributed by atoms with Crippen LogP contribution in [0.25, 0.3) is 0 Å². The zero-order valence-electron chi connectivity index (χ0n) is 13.2. The summed E-state index contributed by atoms with van der Waals surface area (Å²) in [4.78, 5) is 14.7. The first-order valence-corrected chi connectivity index (χ1v) is 8.26. The number of carbonyl (C=O) groups excluding carboxylic acids is 1. The molecular weight excluding hydrogens is 260 g/mol. The molecule has 1 aromatic rings. The summed E-state index contributed by atoms with van der Waals surface area (Å²) in [5.74, 6) is 1.30. The van der Waals surface area contributed by atoms with Gasteiger partial charge in [0.25, 0.3) is 0 Å². The molecule has 3 nitrogen and oxygen atoms in total. The van der Waals surface area contributed by atoms with Crippen molar-refractivity contribution in [3.8, 4) is 0 Å². The van der Waals surface area contributed by atoms with Crippen molar-refractivity contribution in [2.24, 2.45) is 5.92 Å². The second-order valence-electron chi connectivity index (χ2n) is 6.70. The fourth-order valence-electron chi connectivity index (χ4n) is 3.06. The summed E-state index contributed by atoms with van der Waals surface area (Å²) in [5.41, 5.74) is 3.85. The van der Waals surface area contributed by atoms with Crippen molar-refractivity contribution in [3.63, 3.8) is 0 Å². The molecular formula is C18H26N2O. The van der Waals surface area contributed by atoms with Crippen LogP contribution in [0.1, 0.15) is 43.7 Å². The second kappa shape index (κ2) is 6.18. The van der Waals surface area contributed by atoms with Crippen LogP contribution in [0.15, 0.2) is 18.2 Å². The van der Waals surface area contributed by atoms with Gasteiger partial charge in [-0.15, -0.1) is 0 Å². The Balaban J connectivity index is 1.86. The van der Waals surface area contributed by atoms with Crippen molar-refractivity contribution in [2.45, 2.75) is 39.0 Å². The van der Waals surface area contributed by atoms with E-state index in [0.29, 0.717) is 24.0 Å². The van der Waals surface area contributed by atoms with Crippen molar-refractivity contribution >= 4 is 11.5 Å². The van der Waals surface area contributed by atoms with E-state index in [-0.39, 0.29) is 0 Å². The van der Waals surface area contributed by atoms with E-state index in [1.54, 1.807) is 0 Å². The molecule has 0 bridgehead atoms. The number of benzene rings is 1. The molecule has 3 heteroatoms. The minimum atomic E-state index is 0.351. The molecule has 1 saturated heterocycles. The standard InChI is InChI=1S/C18H26N2O/c1-13(2)15-5-6-17(20-9-7-19-8-10-20)16(11-15)12-18(21)14-3-4-14/h5-6,11,13-14,19H,3-4,7-10,12H2,1-2H3. The minimum Gasteiger partial charge on any atom is -0.369 e. The zero-order valence-corrected chi connectivity index (χ0v) is 13.2. The SMILES string of the molecule is CC(C)c1ccc(N2CCNCC2)c(CC(=O)C2CC2)c1. The number of nitrogens with one attached hydrogen (secondary N) is 1. The lowest BCUT2D eigenvalue weighted by molar-refractivity contribution is -0.119. The number of ketones is 1. The Morgan fingerprint density at radius 3 is 2.62 bits per heavy atom. The Morgan fingerprint density at radius 1 is 1.29 bits per heavy atom. The average Bonchev–Trinajstić information content (AvgIpc) is 3.32. The molecule has 0 atom stereocenters. The van der Waals surface area contributed by atoms with Crippen LogP contribution in [0, 0.1) is 5.92 Å². The molecule has 0 amide bonds. The van der Waals surface area contributed by atoms with E-state index < -0.39 is 0 Å². The summed E-state index contributed by atoms with van der Waals surface area (Å²) in [6, 6.07) is 6.73. The van der Waals surface area contributed by atoms with Crippen LogP contribution < -0.4 is 10.2 Å². The topological polar surface area (TPSA) is 32.3 Å². The lowest BCUT2D eigenvalue weighted by Crippen LogP contribution is -2.44. The third kappa shape index (κ3) is 3.46. The molecule has 1 aliphatic carbocycles. The highest BCUT2D eigenvalue weighted by Crippen LogP contribution is 2.33. The first-order valence-electron chi connectivity index (χ1n) is 8.26. The number of Topliss-reactive ketones (excluding diaryl/α,β-unsaturated/α-hetero) is 1. The van der Waals surface area contributed by atoms with Crippen LogP contribution in [-0.2, 0) is 11.2 Å². The van der Waals surface area contributed by atoms with E-state index in [2.05, 4.69) is 42.3 Å². The van der Waals surface area contributed by atoms with E-state index in [4.69, 9.17) is 0 Å². The second-order valence-corrected chi connectivity index (χ2v) is 6.70. The van der Waals surface area contributed by atoms with Crippen LogP contribution in [0.3, 0.4) is 0 Å². The van der Waals surface area contributed by atoms with Gasteiger partial charge in [-0.2, -0.15) is 0 Å². The van der Waals surface area contributed by atoms with E-state index in [9.17, 15) is 4.79 Å². The van der Waals surface area contributed by atoms with Crippen molar-refractivity contribution < 1.29 is 4.79 Å². The molecule has 1 aliphatic heterocycles. The number of anilines is 1. The third-order valence-electron chi connectivity index (χ3n) is 4.63. The molecule has 2 fully saturated rings. The molecule has 3 rings (SSSR count). The first-order chi connectivity index (χ1) is 10.1. The zero-order chi connectivity index (χ0) is 14.8. The van der Waals surface area contributed by atoms with Gasteiger partial charge >= 0.3 is 0 Å². The molecule has 1 heterocycles. The van der Waals surface area contributed by atoms with Crippen LogP contribution in [-0.4, -0.2) is 32.0 Å². The van der Waals surface area contributed by atoms with Crippen molar-refractivity contribution in [1.29, 1.82) is 0 Å². The molecule has 1 aromatic carbocycles. The number of hydrogen-bond acceptors (Lipinski definition) is 3. The highest BCUT2D eigenvalue weighted by Gasteiger charge is 2.30. The van der Waals surface area contributed by atoms with Crippen LogP contribution >= 0.6 is 0 Å². The molecule has 1 saturated carbocycles. The Labute approximate surface area is 127 Å². The smallest absolute Gasteiger partial charge is 0.140 e. The van der Waals surface area contributed by atoms with E-state index >= 15 is 0 Å². The Bertz CT molecular complexity index is 514. The number of carbonyl (C=O) groups is 1. The lowest BCUT2D eigenvalue weighted by atomic mass is 9.95. The molecule has 2 aliphatic rings. The largest absolute Gasteiger partial charge is 0.369 e. The number of piperazine rings is 1. The minimum absolute atomic E-state index is 0.351. The number of hydrogen-bond donors (Lipinski definition) is 1. The van der Waals surface area contributed by atoms with E-state index in [1.165, 1.54) is 16.8 Å². The van der Waals surface area contributed by atoms with Crippen LogP contribution in [0.2, 0.25) is 0 Å². The normalized spacial score (nSPS) is 19.1. The number of nitrogens with zero attached hydrogens (tertiary/aromatic N) is 1. The van der Waals surface area contributed by atoms with E-state index in [0.717, 1.165) is 39.0 Å². The Kier molecular flexibility index (Phi) is 4.29. The summed E-state index contributed by atoms with van der Waals surface area (Å²) >= 11 is 0. The highest BCUT2D eigenvalue weighted by atomic mass is 16.1. The van der Waals surface area contributed by atoms with Gasteiger partial charge in [0.15, 0.2) is 0 Å². The van der Waals surface area contributed by atoms with Crippen molar-refractivity contribution in [2.75, 3.05) is 31.1 Å². The fourth-order valence-corrected chi connectivity index (χ4v) is 3.06. The van der Waals surface area contributed by atoms with Gasteiger partial charge in [0.2, 0.25) is 0 Å². The Morgan fingerprint density at radius 2 is 2.00 bits per heavy atom. The molecule has 0 spiro atoms. The Hall–Kier alpha value is -1.35. The molecule has 1 N–H and O–H groups in total. The van der Waals surface area contributed by atoms with Gasteiger partial charge in [-0.3, -0.25) is 4.79 Å². The first kappa shape index (κ1) is 14.6. The highest BCUT2D eigenvalue weighted by molar-refractivity contribution is 5.86.